The van der Waals surface area contributed by atoms with Crippen molar-refractivity contribution in [2.24, 2.45) is 5.73 Å². The molecule has 0 amide bonds. The number of benzene rings is 1. The Labute approximate surface area is 108 Å². The highest BCUT2D eigenvalue weighted by Gasteiger charge is 2.57. The molecule has 0 saturated heterocycles. The van der Waals surface area contributed by atoms with Crippen LogP contribution in [-0.2, 0) is 5.41 Å². The van der Waals surface area contributed by atoms with Crippen molar-refractivity contribution in [3.8, 4) is 5.75 Å². The number of hydrogen-bond donors (Lipinski definition) is 1. The molecule has 106 valence electrons. The molecule has 2 N–H and O–H groups in total. The standard InChI is InChI=1S/C13H15F4NO/c1-8-3-2-4-9(10(8)19-11(14)15)12(7-18)5-13(16,17)6-12/h2-4,11H,5-7,18H2,1H3. The summed E-state index contributed by atoms with van der Waals surface area (Å²) in [5, 5.41) is 0. The highest BCUT2D eigenvalue weighted by molar-refractivity contribution is 5.47. The Kier molecular flexibility index (Phi) is 3.47. The lowest BCUT2D eigenvalue weighted by Crippen LogP contribution is -2.53. The third kappa shape index (κ3) is 2.54. The van der Waals surface area contributed by atoms with Gasteiger partial charge in [0.2, 0.25) is 5.92 Å². The van der Waals surface area contributed by atoms with Gasteiger partial charge in [0.05, 0.1) is 0 Å². The van der Waals surface area contributed by atoms with Crippen molar-refractivity contribution in [3.05, 3.63) is 29.3 Å². The van der Waals surface area contributed by atoms with Crippen molar-refractivity contribution in [3.63, 3.8) is 0 Å². The molecule has 0 atom stereocenters. The van der Waals surface area contributed by atoms with Crippen LogP contribution in [0.2, 0.25) is 0 Å². The van der Waals surface area contributed by atoms with Crippen LogP contribution in [-0.4, -0.2) is 19.1 Å². The van der Waals surface area contributed by atoms with Crippen molar-refractivity contribution in [2.75, 3.05) is 6.54 Å². The molecule has 6 heteroatoms. The van der Waals surface area contributed by atoms with Gasteiger partial charge in [0.25, 0.3) is 0 Å². The molecule has 1 saturated carbocycles. The van der Waals surface area contributed by atoms with E-state index in [4.69, 9.17) is 5.73 Å². The summed E-state index contributed by atoms with van der Waals surface area (Å²) >= 11 is 0. The van der Waals surface area contributed by atoms with Gasteiger partial charge in [-0.1, -0.05) is 18.2 Å². The molecule has 0 aromatic heterocycles. The van der Waals surface area contributed by atoms with E-state index in [2.05, 4.69) is 4.74 Å². The SMILES string of the molecule is Cc1cccc(C2(CN)CC(F)(F)C2)c1OC(F)F. The molecule has 2 rings (SSSR count). The minimum absolute atomic E-state index is 0.0222. The molecule has 1 aromatic carbocycles. The van der Waals surface area contributed by atoms with E-state index >= 15 is 0 Å². The fourth-order valence-corrected chi connectivity index (χ4v) is 2.70. The summed E-state index contributed by atoms with van der Waals surface area (Å²) in [6, 6.07) is 4.77. The molecule has 0 heterocycles. The Morgan fingerprint density at radius 3 is 2.42 bits per heavy atom. The highest BCUT2D eigenvalue weighted by Crippen LogP contribution is 2.55. The number of aryl methyl sites for hydroxylation is 1. The van der Waals surface area contributed by atoms with Crippen LogP contribution in [0.25, 0.3) is 0 Å². The van der Waals surface area contributed by atoms with E-state index in [0.717, 1.165) is 0 Å². The second kappa shape index (κ2) is 4.67. The molecule has 0 radical (unpaired) electrons. The van der Waals surface area contributed by atoms with E-state index < -0.39 is 30.8 Å². The summed E-state index contributed by atoms with van der Waals surface area (Å²) < 4.78 is 55.7. The Bertz CT molecular complexity index is 468. The number of para-hydroxylation sites is 1. The lowest BCUT2D eigenvalue weighted by atomic mass is 9.61. The third-order valence-electron chi connectivity index (χ3n) is 3.57. The molecule has 0 spiro atoms. The lowest BCUT2D eigenvalue weighted by molar-refractivity contribution is -0.125. The third-order valence-corrected chi connectivity index (χ3v) is 3.57. The molecule has 19 heavy (non-hydrogen) atoms. The summed E-state index contributed by atoms with van der Waals surface area (Å²) in [6.45, 7) is -1.41. The van der Waals surface area contributed by atoms with Crippen LogP contribution < -0.4 is 10.5 Å². The summed E-state index contributed by atoms with van der Waals surface area (Å²) in [5.74, 6) is -2.82. The van der Waals surface area contributed by atoms with Crippen LogP contribution >= 0.6 is 0 Å². The molecule has 1 aliphatic carbocycles. The van der Waals surface area contributed by atoms with Gasteiger partial charge in [-0.2, -0.15) is 8.78 Å². The largest absolute Gasteiger partial charge is 0.434 e. The van der Waals surface area contributed by atoms with E-state index in [1.54, 1.807) is 19.1 Å². The maximum atomic E-state index is 13.2. The summed E-state index contributed by atoms with van der Waals surface area (Å²) in [6.07, 6.45) is -0.862. The number of rotatable bonds is 4. The van der Waals surface area contributed by atoms with Gasteiger partial charge in [-0.25, -0.2) is 8.78 Å². The monoisotopic (exact) mass is 277 g/mol. The van der Waals surface area contributed by atoms with E-state index in [9.17, 15) is 17.6 Å². The minimum atomic E-state index is -2.99. The lowest BCUT2D eigenvalue weighted by Gasteiger charge is -2.47. The molecule has 1 aliphatic rings. The Morgan fingerprint density at radius 1 is 1.32 bits per heavy atom. The topological polar surface area (TPSA) is 35.2 Å². The summed E-state index contributed by atoms with van der Waals surface area (Å²) in [7, 11) is 0. The van der Waals surface area contributed by atoms with Gasteiger partial charge in [0.15, 0.2) is 0 Å². The number of ether oxygens (including phenoxy) is 1. The van der Waals surface area contributed by atoms with Crippen molar-refractivity contribution >= 4 is 0 Å². The van der Waals surface area contributed by atoms with Crippen molar-refractivity contribution in [2.45, 2.75) is 37.7 Å². The van der Waals surface area contributed by atoms with Crippen molar-refractivity contribution < 1.29 is 22.3 Å². The first-order valence-electron chi connectivity index (χ1n) is 5.92. The average Bonchev–Trinajstić information content (AvgIpc) is 2.27. The van der Waals surface area contributed by atoms with Gasteiger partial charge in [-0.3, -0.25) is 0 Å². The van der Waals surface area contributed by atoms with Gasteiger partial charge < -0.3 is 10.5 Å². The number of alkyl halides is 4. The molecular formula is C13H15F4NO. The summed E-state index contributed by atoms with van der Waals surface area (Å²) in [4.78, 5) is 0. The van der Waals surface area contributed by atoms with Crippen LogP contribution in [0.5, 0.6) is 5.75 Å². The van der Waals surface area contributed by atoms with Gasteiger partial charge in [-0.05, 0) is 12.5 Å². The maximum absolute atomic E-state index is 13.2. The summed E-state index contributed by atoms with van der Waals surface area (Å²) in [5.41, 5.74) is 5.46. The normalized spacial score (nSPS) is 20.2. The predicted octanol–water partition coefficient (Wildman–Crippen LogP) is 3.22. The Hall–Kier alpha value is -1.30. The number of nitrogens with two attached hydrogens (primary N) is 1. The molecular weight excluding hydrogens is 262 g/mol. The van der Waals surface area contributed by atoms with Gasteiger partial charge in [-0.15, -0.1) is 0 Å². The van der Waals surface area contributed by atoms with Crippen LogP contribution in [0.1, 0.15) is 24.0 Å². The zero-order chi connectivity index (χ0) is 14.3. The van der Waals surface area contributed by atoms with Crippen molar-refractivity contribution in [1.82, 2.24) is 0 Å². The first-order valence-corrected chi connectivity index (χ1v) is 5.92. The van der Waals surface area contributed by atoms with Crippen LogP contribution in [0.4, 0.5) is 17.6 Å². The van der Waals surface area contributed by atoms with E-state index in [-0.39, 0.29) is 12.3 Å². The number of hydrogen-bond acceptors (Lipinski definition) is 2. The van der Waals surface area contributed by atoms with Gasteiger partial charge >= 0.3 is 6.61 Å². The minimum Gasteiger partial charge on any atom is -0.434 e. The average molecular weight is 277 g/mol. The first-order chi connectivity index (χ1) is 8.80. The molecule has 1 fully saturated rings. The fourth-order valence-electron chi connectivity index (χ4n) is 2.70. The molecule has 1 aromatic rings. The predicted molar refractivity (Wildman–Crippen MR) is 62.7 cm³/mol. The maximum Gasteiger partial charge on any atom is 0.387 e. The quantitative estimate of drug-likeness (QED) is 0.858. The van der Waals surface area contributed by atoms with E-state index in [1.807, 2.05) is 0 Å². The van der Waals surface area contributed by atoms with Crippen LogP contribution in [0.3, 0.4) is 0 Å². The molecule has 0 aliphatic heterocycles. The number of halogens is 4. The van der Waals surface area contributed by atoms with E-state index in [1.165, 1.54) is 6.07 Å². The Balaban J connectivity index is 2.41. The first kappa shape index (κ1) is 14.1. The Morgan fingerprint density at radius 2 is 1.95 bits per heavy atom. The molecule has 0 bridgehead atoms. The van der Waals surface area contributed by atoms with E-state index in [0.29, 0.717) is 11.1 Å². The second-order valence-electron chi connectivity index (χ2n) is 5.02. The fraction of sp³-hybridized carbons (Fsp3) is 0.538. The smallest absolute Gasteiger partial charge is 0.387 e. The molecule has 2 nitrogen and oxygen atoms in total. The molecule has 0 unspecified atom stereocenters. The van der Waals surface area contributed by atoms with Gasteiger partial charge in [0, 0.05) is 30.4 Å². The van der Waals surface area contributed by atoms with Crippen molar-refractivity contribution in [1.29, 1.82) is 0 Å². The zero-order valence-electron chi connectivity index (χ0n) is 10.4. The zero-order valence-corrected chi connectivity index (χ0v) is 10.4. The van der Waals surface area contributed by atoms with Gasteiger partial charge in [0.1, 0.15) is 5.75 Å². The second-order valence-corrected chi connectivity index (χ2v) is 5.02. The van der Waals surface area contributed by atoms with Crippen LogP contribution in [0, 0.1) is 6.92 Å². The highest BCUT2D eigenvalue weighted by atomic mass is 19.3. The van der Waals surface area contributed by atoms with Crippen LogP contribution in [0.15, 0.2) is 18.2 Å².